The molecule has 3 aliphatic rings. The van der Waals surface area contributed by atoms with Gasteiger partial charge in [0.15, 0.2) is 0 Å². The Bertz CT molecular complexity index is 1120. The third-order valence-corrected chi connectivity index (χ3v) is 7.33. The van der Waals surface area contributed by atoms with E-state index in [9.17, 15) is 18.0 Å². The van der Waals surface area contributed by atoms with Crippen molar-refractivity contribution in [2.75, 3.05) is 27.6 Å². The third kappa shape index (κ3) is 3.45. The van der Waals surface area contributed by atoms with Gasteiger partial charge in [-0.25, -0.2) is 8.42 Å². The van der Waals surface area contributed by atoms with Crippen LogP contribution in [0.3, 0.4) is 0 Å². The van der Waals surface area contributed by atoms with Crippen molar-refractivity contribution in [1.29, 1.82) is 0 Å². The van der Waals surface area contributed by atoms with Gasteiger partial charge in [-0.2, -0.15) is 0 Å². The van der Waals surface area contributed by atoms with Gasteiger partial charge in [-0.3, -0.25) is 14.3 Å². The zero-order valence-corrected chi connectivity index (χ0v) is 17.3. The number of carbonyl (C=O) groups excluding carboxylic acids is 2. The summed E-state index contributed by atoms with van der Waals surface area (Å²) < 4.78 is 28.3. The summed E-state index contributed by atoms with van der Waals surface area (Å²) in [5.74, 6) is 0.384. The number of anilines is 3. The minimum Gasteiger partial charge on any atom is -0.312 e. The molecule has 0 unspecified atom stereocenters. The third-order valence-electron chi connectivity index (χ3n) is 5.95. The molecular weight excluding hydrogens is 402 g/mol. The summed E-state index contributed by atoms with van der Waals surface area (Å²) in [7, 11) is -3.75. The molecule has 2 amide bonds. The Kier molecular flexibility index (Phi) is 4.54. The first-order valence-corrected chi connectivity index (χ1v) is 11.8. The maximum absolute atomic E-state index is 12.9. The first kappa shape index (κ1) is 19.1. The van der Waals surface area contributed by atoms with Crippen LogP contribution in [0.25, 0.3) is 0 Å². The second-order valence-electron chi connectivity index (χ2n) is 8.11. The second kappa shape index (κ2) is 7.12. The fourth-order valence-electron chi connectivity index (χ4n) is 4.17. The minimum absolute atomic E-state index is 0.0932. The largest absolute Gasteiger partial charge is 0.312 e. The molecule has 156 valence electrons. The number of sulfonamides is 1. The van der Waals surface area contributed by atoms with Crippen LogP contribution >= 0.6 is 0 Å². The van der Waals surface area contributed by atoms with E-state index >= 15 is 0 Å². The summed E-state index contributed by atoms with van der Waals surface area (Å²) in [5, 5.41) is 0. The number of nitrogens with zero attached hydrogens (tertiary/aromatic N) is 2. The summed E-state index contributed by atoms with van der Waals surface area (Å²) >= 11 is 0. The van der Waals surface area contributed by atoms with Crippen molar-refractivity contribution in [2.24, 2.45) is 5.92 Å². The summed E-state index contributed by atoms with van der Waals surface area (Å²) in [6.45, 7) is 1.30. The van der Waals surface area contributed by atoms with Gasteiger partial charge in [0.05, 0.1) is 4.90 Å². The second-order valence-corrected chi connectivity index (χ2v) is 9.79. The molecule has 0 bridgehead atoms. The van der Waals surface area contributed by atoms with Gasteiger partial charge in [0.2, 0.25) is 11.8 Å². The number of amides is 2. The van der Waals surface area contributed by atoms with Gasteiger partial charge in [0.25, 0.3) is 10.0 Å². The number of hydrogen-bond donors (Lipinski definition) is 1. The number of fused-ring (bicyclic) bond motifs is 1. The van der Waals surface area contributed by atoms with E-state index in [1.807, 2.05) is 0 Å². The van der Waals surface area contributed by atoms with E-state index in [1.54, 1.807) is 52.3 Å². The molecule has 1 N–H and O–H groups in total. The van der Waals surface area contributed by atoms with Crippen LogP contribution in [-0.4, -0.2) is 33.3 Å². The lowest BCUT2D eigenvalue weighted by Crippen LogP contribution is -2.30. The molecule has 0 atom stereocenters. The highest BCUT2D eigenvalue weighted by atomic mass is 32.2. The van der Waals surface area contributed by atoms with Gasteiger partial charge in [-0.1, -0.05) is 0 Å². The molecule has 2 aromatic rings. The molecule has 2 aliphatic heterocycles. The van der Waals surface area contributed by atoms with Crippen molar-refractivity contribution in [3.8, 4) is 0 Å². The van der Waals surface area contributed by atoms with Crippen LogP contribution in [0.5, 0.6) is 0 Å². The lowest BCUT2D eigenvalue weighted by atomic mass is 10.2. The molecule has 1 saturated heterocycles. The van der Waals surface area contributed by atoms with Gasteiger partial charge >= 0.3 is 0 Å². The number of benzene rings is 2. The van der Waals surface area contributed by atoms with Crippen LogP contribution in [0.1, 0.15) is 31.2 Å². The predicted octanol–water partition coefficient (Wildman–Crippen LogP) is 2.91. The molecule has 2 aromatic carbocycles. The SMILES string of the molecule is O=C1CCCN1c1ccc(NS(=O)(=O)c2ccc3c(c2)CCN3C(=O)C2CC2)cc1. The Labute approximate surface area is 175 Å². The Hall–Kier alpha value is -2.87. The highest BCUT2D eigenvalue weighted by Crippen LogP contribution is 2.37. The van der Waals surface area contributed by atoms with Crippen molar-refractivity contribution in [1.82, 2.24) is 0 Å². The summed E-state index contributed by atoms with van der Waals surface area (Å²) in [6.07, 6.45) is 3.96. The maximum atomic E-state index is 12.9. The summed E-state index contributed by atoms with van der Waals surface area (Å²) in [5.41, 5.74) is 2.93. The average molecular weight is 426 g/mol. The molecule has 7 nitrogen and oxygen atoms in total. The van der Waals surface area contributed by atoms with Gasteiger partial charge in [0.1, 0.15) is 0 Å². The number of hydrogen-bond acceptors (Lipinski definition) is 4. The van der Waals surface area contributed by atoms with E-state index in [4.69, 9.17) is 0 Å². The van der Waals surface area contributed by atoms with Crippen LogP contribution in [-0.2, 0) is 26.0 Å². The fraction of sp³-hybridized carbons (Fsp3) is 0.364. The van der Waals surface area contributed by atoms with Crippen LogP contribution in [0.4, 0.5) is 17.1 Å². The first-order valence-electron chi connectivity index (χ1n) is 10.3. The molecule has 2 fully saturated rings. The molecule has 0 aromatic heterocycles. The fourth-order valence-corrected chi connectivity index (χ4v) is 5.28. The monoisotopic (exact) mass is 425 g/mol. The zero-order valence-electron chi connectivity index (χ0n) is 16.5. The molecule has 5 rings (SSSR count). The lowest BCUT2D eigenvalue weighted by Gasteiger charge is -2.18. The number of nitrogens with one attached hydrogen (secondary N) is 1. The van der Waals surface area contributed by atoms with Gasteiger partial charge < -0.3 is 9.80 Å². The Morgan fingerprint density at radius 3 is 2.43 bits per heavy atom. The molecule has 2 heterocycles. The smallest absolute Gasteiger partial charge is 0.261 e. The molecule has 0 spiro atoms. The topological polar surface area (TPSA) is 86.8 Å². The maximum Gasteiger partial charge on any atom is 0.261 e. The van der Waals surface area contributed by atoms with Crippen LogP contribution in [0.15, 0.2) is 47.4 Å². The highest BCUT2D eigenvalue weighted by Gasteiger charge is 2.36. The van der Waals surface area contributed by atoms with Crippen molar-refractivity contribution in [3.05, 3.63) is 48.0 Å². The van der Waals surface area contributed by atoms with E-state index in [-0.39, 0.29) is 22.6 Å². The summed E-state index contributed by atoms with van der Waals surface area (Å²) in [4.78, 5) is 28.0. The molecule has 0 radical (unpaired) electrons. The molecule has 1 saturated carbocycles. The van der Waals surface area contributed by atoms with Gasteiger partial charge in [-0.05, 0) is 73.7 Å². The molecule has 1 aliphatic carbocycles. The van der Waals surface area contributed by atoms with Crippen molar-refractivity contribution in [2.45, 2.75) is 37.0 Å². The number of carbonyl (C=O) groups is 2. The van der Waals surface area contributed by atoms with Crippen molar-refractivity contribution in [3.63, 3.8) is 0 Å². The highest BCUT2D eigenvalue weighted by molar-refractivity contribution is 7.92. The number of rotatable bonds is 5. The van der Waals surface area contributed by atoms with Crippen LogP contribution in [0, 0.1) is 5.92 Å². The average Bonchev–Trinajstić information content (AvgIpc) is 3.36. The Balaban J connectivity index is 1.33. The van der Waals surface area contributed by atoms with Crippen LogP contribution < -0.4 is 14.5 Å². The van der Waals surface area contributed by atoms with Gasteiger partial charge in [-0.15, -0.1) is 0 Å². The molecule has 8 heteroatoms. The van der Waals surface area contributed by atoms with E-state index in [0.29, 0.717) is 31.6 Å². The summed E-state index contributed by atoms with van der Waals surface area (Å²) in [6, 6.07) is 11.8. The van der Waals surface area contributed by atoms with Gasteiger partial charge in [0, 0.05) is 42.5 Å². The zero-order chi connectivity index (χ0) is 20.9. The lowest BCUT2D eigenvalue weighted by molar-refractivity contribution is -0.119. The van der Waals surface area contributed by atoms with Crippen LogP contribution in [0.2, 0.25) is 0 Å². The quantitative estimate of drug-likeness (QED) is 0.798. The Morgan fingerprint density at radius 2 is 1.77 bits per heavy atom. The normalized spacial score (nSPS) is 18.6. The minimum atomic E-state index is -3.75. The van der Waals surface area contributed by atoms with Crippen molar-refractivity contribution < 1.29 is 18.0 Å². The van der Waals surface area contributed by atoms with E-state index in [2.05, 4.69) is 4.72 Å². The Morgan fingerprint density at radius 1 is 1.00 bits per heavy atom. The molecule has 30 heavy (non-hydrogen) atoms. The van der Waals surface area contributed by atoms with Crippen molar-refractivity contribution >= 4 is 38.9 Å². The first-order chi connectivity index (χ1) is 14.4. The predicted molar refractivity (Wildman–Crippen MR) is 114 cm³/mol. The molecular formula is C22H23N3O4S. The van der Waals surface area contributed by atoms with E-state index in [0.717, 1.165) is 36.2 Å². The standard InChI is InChI=1S/C22H23N3O4S/c26-21-2-1-12-24(21)18-7-5-17(6-8-18)23-30(28,29)19-9-10-20-16(14-19)11-13-25(20)22(27)15-3-4-15/h5-10,14-15,23H,1-4,11-13H2. The van der Waals surface area contributed by atoms with E-state index in [1.165, 1.54) is 0 Å². The van der Waals surface area contributed by atoms with E-state index < -0.39 is 10.0 Å².